The minimum absolute atomic E-state index is 0.154. The van der Waals surface area contributed by atoms with Gasteiger partial charge in [0, 0.05) is 6.42 Å². The Kier molecular flexibility index (Phi) is 14.5. The summed E-state index contributed by atoms with van der Waals surface area (Å²) in [4.78, 5) is 20.0. The predicted molar refractivity (Wildman–Crippen MR) is 74.6 cm³/mol. The van der Waals surface area contributed by atoms with Crippen LogP contribution >= 0.6 is 0 Å². The lowest BCUT2D eigenvalue weighted by Crippen LogP contribution is -2.10. The van der Waals surface area contributed by atoms with Crippen LogP contribution in [0.25, 0.3) is 0 Å². The van der Waals surface area contributed by atoms with Crippen LogP contribution in [0, 0.1) is 0 Å². The molecule has 5 heteroatoms. The lowest BCUT2D eigenvalue weighted by atomic mass is 10.2. The number of hydrogen-bond donors (Lipinski definition) is 2. The third-order valence-corrected chi connectivity index (χ3v) is 1.71. The molecule has 0 saturated heterocycles. The average Bonchev–Trinajstić information content (AvgIpc) is 2.48. The highest BCUT2D eigenvalue weighted by Gasteiger charge is 1.97. The summed E-state index contributed by atoms with van der Waals surface area (Å²) >= 11 is 0. The number of carbonyl (C=O) groups is 2. The minimum Gasteiger partial charge on any atom is -0.480 e. The van der Waals surface area contributed by atoms with Crippen LogP contribution in [-0.2, 0) is 20.9 Å². The third-order valence-electron chi connectivity index (χ3n) is 1.71. The quantitative estimate of drug-likeness (QED) is 0.818. The monoisotopic (exact) mass is 269 g/mol. The minimum atomic E-state index is -0.968. The van der Waals surface area contributed by atoms with E-state index in [1.54, 1.807) is 6.92 Å². The summed E-state index contributed by atoms with van der Waals surface area (Å²) in [5.41, 5.74) is 5.60. The van der Waals surface area contributed by atoms with Gasteiger partial charge < -0.3 is 15.6 Å². The summed E-state index contributed by atoms with van der Waals surface area (Å²) < 4.78 is 4.94. The van der Waals surface area contributed by atoms with E-state index < -0.39 is 5.97 Å². The molecule has 5 nitrogen and oxygen atoms in total. The molecule has 0 spiro atoms. The summed E-state index contributed by atoms with van der Waals surface area (Å²) in [6.07, 6.45) is 0.437. The van der Waals surface area contributed by atoms with Crippen molar-refractivity contribution < 1.29 is 19.4 Å². The highest BCUT2D eigenvalue weighted by molar-refractivity contribution is 5.69. The average molecular weight is 269 g/mol. The molecule has 3 N–H and O–H groups in total. The molecule has 108 valence electrons. The van der Waals surface area contributed by atoms with Crippen LogP contribution in [0.5, 0.6) is 0 Å². The molecule has 1 rings (SSSR count). The molecule has 0 radical (unpaired) electrons. The Labute approximate surface area is 114 Å². The number of benzene rings is 1. The first-order valence-electron chi connectivity index (χ1n) is 6.21. The Hall–Kier alpha value is -1.88. The number of carbonyl (C=O) groups excluding carboxylic acids is 1. The largest absolute Gasteiger partial charge is 0.480 e. The first-order chi connectivity index (χ1) is 9.10. The fraction of sp³-hybridized carbons (Fsp3) is 0.429. The molecule has 0 unspecified atom stereocenters. The predicted octanol–water partition coefficient (Wildman–Crippen LogP) is 2.20. The van der Waals surface area contributed by atoms with Crippen molar-refractivity contribution in [1.29, 1.82) is 0 Å². The molecule has 0 bridgehead atoms. The second-order valence-electron chi connectivity index (χ2n) is 3.10. The van der Waals surface area contributed by atoms with Gasteiger partial charge in [-0.15, -0.1) is 0 Å². The first-order valence-corrected chi connectivity index (χ1v) is 6.21. The van der Waals surface area contributed by atoms with Crippen LogP contribution in [0.15, 0.2) is 30.3 Å². The molecule has 0 heterocycles. The molecule has 0 saturated carbocycles. The smallest absolute Gasteiger partial charge is 0.317 e. The Morgan fingerprint density at radius 2 is 1.68 bits per heavy atom. The van der Waals surface area contributed by atoms with E-state index in [1.807, 2.05) is 44.2 Å². The lowest BCUT2D eigenvalue weighted by Gasteiger charge is -2.01. The van der Waals surface area contributed by atoms with Crippen LogP contribution in [0.2, 0.25) is 0 Å². The Balaban J connectivity index is 0. The van der Waals surface area contributed by atoms with Gasteiger partial charge in [0.15, 0.2) is 0 Å². The number of nitrogens with two attached hydrogens (primary N) is 1. The maximum atomic E-state index is 10.8. The van der Waals surface area contributed by atoms with E-state index in [4.69, 9.17) is 9.84 Å². The molecule has 0 atom stereocenters. The maximum Gasteiger partial charge on any atom is 0.317 e. The summed E-state index contributed by atoms with van der Waals surface area (Å²) in [5, 5.41) is 7.60. The van der Waals surface area contributed by atoms with Crippen molar-refractivity contribution in [3.05, 3.63) is 35.9 Å². The Morgan fingerprint density at radius 3 is 2.05 bits per heavy atom. The molecule has 0 aliphatic heterocycles. The second kappa shape index (κ2) is 14.2. The van der Waals surface area contributed by atoms with Crippen molar-refractivity contribution in [3.63, 3.8) is 0 Å². The van der Waals surface area contributed by atoms with E-state index in [2.05, 4.69) is 5.73 Å². The van der Waals surface area contributed by atoms with Gasteiger partial charge in [0.05, 0.1) is 6.54 Å². The van der Waals surface area contributed by atoms with Gasteiger partial charge in [0.2, 0.25) is 0 Å². The van der Waals surface area contributed by atoms with Crippen molar-refractivity contribution in [1.82, 2.24) is 0 Å². The molecule has 1 aromatic rings. The van der Waals surface area contributed by atoms with Gasteiger partial charge in [-0.25, -0.2) is 0 Å². The summed E-state index contributed by atoms with van der Waals surface area (Å²) in [6, 6.07) is 9.65. The Morgan fingerprint density at radius 1 is 1.21 bits per heavy atom. The fourth-order valence-electron chi connectivity index (χ4n) is 0.840. The molecule has 1 aromatic carbocycles. The first kappa shape index (κ1) is 19.5. The highest BCUT2D eigenvalue weighted by atomic mass is 16.5. The van der Waals surface area contributed by atoms with Crippen LogP contribution in [-0.4, -0.2) is 23.6 Å². The maximum absolute atomic E-state index is 10.8. The summed E-state index contributed by atoms with van der Waals surface area (Å²) in [5.74, 6) is -1.12. The highest BCUT2D eigenvalue weighted by Crippen LogP contribution is 2.00. The zero-order chi connectivity index (χ0) is 15.1. The molecule has 0 aliphatic rings. The second-order valence-corrected chi connectivity index (χ2v) is 3.10. The number of hydrogen-bond acceptors (Lipinski definition) is 4. The van der Waals surface area contributed by atoms with Gasteiger partial charge in [-0.3, -0.25) is 9.59 Å². The number of ether oxygens (including phenoxy) is 1. The van der Waals surface area contributed by atoms with Crippen molar-refractivity contribution >= 4 is 11.9 Å². The molecule has 0 aromatic heterocycles. The van der Waals surface area contributed by atoms with E-state index in [-0.39, 0.29) is 12.5 Å². The van der Waals surface area contributed by atoms with E-state index in [1.165, 1.54) is 0 Å². The molecular formula is C14H23NO4. The molecule has 0 aliphatic carbocycles. The van der Waals surface area contributed by atoms with Gasteiger partial charge in [-0.2, -0.15) is 0 Å². The van der Waals surface area contributed by atoms with Crippen LogP contribution in [0.3, 0.4) is 0 Å². The van der Waals surface area contributed by atoms with Gasteiger partial charge in [-0.05, 0) is 5.56 Å². The van der Waals surface area contributed by atoms with E-state index in [0.29, 0.717) is 13.0 Å². The summed E-state index contributed by atoms with van der Waals surface area (Å²) in [7, 11) is 0. The Bertz CT molecular complexity index is 339. The molecular weight excluding hydrogens is 246 g/mol. The van der Waals surface area contributed by atoms with Crippen molar-refractivity contribution in [2.75, 3.05) is 6.54 Å². The standard InChI is InChI=1S/C10H12O2.C2H5NO2.C2H6/c1-2-10(11)12-8-9-6-4-3-5-7-9;3-1-2(4)5;1-2/h3-7H,2,8H2,1H3;1,3H2,(H,4,5);1-2H3. The van der Waals surface area contributed by atoms with Crippen molar-refractivity contribution in [2.45, 2.75) is 33.8 Å². The zero-order valence-electron chi connectivity index (χ0n) is 11.8. The van der Waals surface area contributed by atoms with Gasteiger partial charge in [-0.1, -0.05) is 51.1 Å². The van der Waals surface area contributed by atoms with Crippen molar-refractivity contribution in [3.8, 4) is 0 Å². The van der Waals surface area contributed by atoms with E-state index in [0.717, 1.165) is 5.56 Å². The fourth-order valence-corrected chi connectivity index (χ4v) is 0.840. The van der Waals surface area contributed by atoms with Crippen LogP contribution < -0.4 is 5.73 Å². The zero-order valence-corrected chi connectivity index (χ0v) is 11.8. The number of esters is 1. The molecule has 0 fully saturated rings. The third kappa shape index (κ3) is 14.1. The lowest BCUT2D eigenvalue weighted by molar-refractivity contribution is -0.144. The summed E-state index contributed by atoms with van der Waals surface area (Å²) in [6.45, 7) is 5.89. The van der Waals surface area contributed by atoms with Gasteiger partial charge in [0.1, 0.15) is 6.61 Å². The molecule has 19 heavy (non-hydrogen) atoms. The van der Waals surface area contributed by atoms with Crippen molar-refractivity contribution in [2.24, 2.45) is 5.73 Å². The topological polar surface area (TPSA) is 89.6 Å². The van der Waals surface area contributed by atoms with Crippen LogP contribution in [0.4, 0.5) is 0 Å². The normalized spacial score (nSPS) is 8.21. The molecule has 0 amide bonds. The SMILES string of the molecule is CC.CCC(=O)OCc1ccccc1.NCC(=O)O. The van der Waals surface area contributed by atoms with E-state index in [9.17, 15) is 9.59 Å². The number of aliphatic carboxylic acids is 1. The number of carboxylic acids is 1. The number of carboxylic acid groups (broad SMARTS) is 1. The van der Waals surface area contributed by atoms with Crippen LogP contribution in [0.1, 0.15) is 32.8 Å². The van der Waals surface area contributed by atoms with Gasteiger partial charge in [0.25, 0.3) is 0 Å². The van der Waals surface area contributed by atoms with Gasteiger partial charge >= 0.3 is 11.9 Å². The number of rotatable bonds is 4. The van der Waals surface area contributed by atoms with E-state index >= 15 is 0 Å².